The van der Waals surface area contributed by atoms with Gasteiger partial charge in [0.05, 0.1) is 44.3 Å². The van der Waals surface area contributed by atoms with Gasteiger partial charge in [-0.3, -0.25) is 14.5 Å². The van der Waals surface area contributed by atoms with Crippen molar-refractivity contribution < 1.29 is 14.3 Å². The molecule has 3 aromatic carbocycles. The van der Waals surface area contributed by atoms with Crippen molar-refractivity contribution in [2.75, 3.05) is 33.4 Å². The van der Waals surface area contributed by atoms with Gasteiger partial charge in [-0.1, -0.05) is 28.1 Å². The van der Waals surface area contributed by atoms with Gasteiger partial charge in [0.25, 0.3) is 5.91 Å². The standard InChI is InChI=1S/C28H27BrN6O3/c1-37-23-9-2-19(3-10-23)18-35-26-11-6-21(29)16-24(26)27(33-35)25(32-30)17-31-22-7-4-20(5-8-22)28(36)34-12-14-38-15-13-34/h2-11,16-17H,12-15,18,30H2,1H3. The highest BCUT2D eigenvalue weighted by Crippen LogP contribution is 2.25. The minimum Gasteiger partial charge on any atom is -0.497 e. The molecule has 1 aromatic heterocycles. The predicted octanol–water partition coefficient (Wildman–Crippen LogP) is 4.39. The molecule has 1 amide bonds. The van der Waals surface area contributed by atoms with Crippen LogP contribution < -0.4 is 10.6 Å². The molecular formula is C28H27BrN6O3. The van der Waals surface area contributed by atoms with Crippen molar-refractivity contribution >= 4 is 50.4 Å². The number of aliphatic imine (C=N–C) groups is 1. The highest BCUT2D eigenvalue weighted by atomic mass is 79.9. The molecule has 0 spiro atoms. The summed E-state index contributed by atoms with van der Waals surface area (Å²) in [4.78, 5) is 19.1. The van der Waals surface area contributed by atoms with Crippen LogP contribution in [0.25, 0.3) is 10.9 Å². The Morgan fingerprint density at radius 2 is 1.84 bits per heavy atom. The number of rotatable bonds is 7. The number of nitrogens with two attached hydrogens (primary N) is 1. The molecule has 2 N–H and O–H groups in total. The zero-order valence-electron chi connectivity index (χ0n) is 20.9. The lowest BCUT2D eigenvalue weighted by Gasteiger charge is -2.26. The van der Waals surface area contributed by atoms with E-state index in [0.29, 0.717) is 55.5 Å². The van der Waals surface area contributed by atoms with E-state index >= 15 is 0 Å². The maximum atomic E-state index is 12.7. The van der Waals surface area contributed by atoms with E-state index in [0.717, 1.165) is 26.7 Å². The van der Waals surface area contributed by atoms with Crippen LogP contribution in [0, 0.1) is 0 Å². The Morgan fingerprint density at radius 3 is 2.53 bits per heavy atom. The lowest BCUT2D eigenvalue weighted by Crippen LogP contribution is -2.40. The first-order valence-corrected chi connectivity index (χ1v) is 12.9. The Morgan fingerprint density at radius 1 is 1.11 bits per heavy atom. The molecule has 4 aromatic rings. The topological polar surface area (TPSA) is 107 Å². The van der Waals surface area contributed by atoms with Gasteiger partial charge >= 0.3 is 0 Å². The van der Waals surface area contributed by atoms with E-state index in [1.807, 2.05) is 47.1 Å². The van der Waals surface area contributed by atoms with Gasteiger partial charge in [0.15, 0.2) is 0 Å². The summed E-state index contributed by atoms with van der Waals surface area (Å²) < 4.78 is 13.4. The van der Waals surface area contributed by atoms with Crippen LogP contribution in [0.4, 0.5) is 5.69 Å². The third-order valence-electron chi connectivity index (χ3n) is 6.33. The number of benzene rings is 3. The van der Waals surface area contributed by atoms with Crippen LogP contribution in [0.5, 0.6) is 5.75 Å². The van der Waals surface area contributed by atoms with Crippen molar-refractivity contribution in [3.05, 3.63) is 88.0 Å². The number of halogens is 1. The average molecular weight is 575 g/mol. The molecule has 0 saturated carbocycles. The summed E-state index contributed by atoms with van der Waals surface area (Å²) in [6.45, 7) is 2.90. The van der Waals surface area contributed by atoms with Crippen LogP contribution in [0.3, 0.4) is 0 Å². The molecule has 1 fully saturated rings. The number of nitrogens with zero attached hydrogens (tertiary/aromatic N) is 5. The van der Waals surface area contributed by atoms with E-state index in [9.17, 15) is 4.79 Å². The summed E-state index contributed by atoms with van der Waals surface area (Å²) in [5, 5.41) is 9.73. The molecule has 1 aliphatic rings. The van der Waals surface area contributed by atoms with Crippen molar-refractivity contribution in [2.45, 2.75) is 6.54 Å². The third-order valence-corrected chi connectivity index (χ3v) is 6.83. The summed E-state index contributed by atoms with van der Waals surface area (Å²) in [5.41, 5.74) is 4.38. The van der Waals surface area contributed by atoms with E-state index in [-0.39, 0.29) is 5.91 Å². The summed E-state index contributed by atoms with van der Waals surface area (Å²) >= 11 is 3.56. The van der Waals surface area contributed by atoms with Crippen LogP contribution in [-0.4, -0.2) is 65.9 Å². The van der Waals surface area contributed by atoms with Crippen LogP contribution in [0.15, 0.2) is 81.3 Å². The van der Waals surface area contributed by atoms with Gasteiger partial charge < -0.3 is 20.2 Å². The summed E-state index contributed by atoms with van der Waals surface area (Å²) in [6, 6.07) is 21.0. The molecule has 1 aliphatic heterocycles. The molecule has 0 unspecified atom stereocenters. The first-order chi connectivity index (χ1) is 18.6. The number of hydrogen-bond donors (Lipinski definition) is 1. The van der Waals surface area contributed by atoms with E-state index < -0.39 is 0 Å². The van der Waals surface area contributed by atoms with Crippen molar-refractivity contribution in [1.82, 2.24) is 14.7 Å². The number of aromatic nitrogens is 2. The fraction of sp³-hybridized carbons (Fsp3) is 0.214. The van der Waals surface area contributed by atoms with Gasteiger partial charge in [0.1, 0.15) is 17.2 Å². The Balaban J connectivity index is 1.39. The van der Waals surface area contributed by atoms with Gasteiger partial charge in [-0.25, -0.2) is 0 Å². The van der Waals surface area contributed by atoms with Gasteiger partial charge in [-0.2, -0.15) is 10.2 Å². The van der Waals surface area contributed by atoms with Crippen LogP contribution >= 0.6 is 15.9 Å². The summed E-state index contributed by atoms with van der Waals surface area (Å²) in [5.74, 6) is 6.59. The lowest BCUT2D eigenvalue weighted by molar-refractivity contribution is 0.0303. The molecular weight excluding hydrogens is 548 g/mol. The predicted molar refractivity (Wildman–Crippen MR) is 152 cm³/mol. The first kappa shape index (κ1) is 25.6. The summed E-state index contributed by atoms with van der Waals surface area (Å²) in [6.07, 6.45) is 1.60. The number of fused-ring (bicyclic) bond motifs is 1. The van der Waals surface area contributed by atoms with Crippen LogP contribution in [-0.2, 0) is 11.3 Å². The van der Waals surface area contributed by atoms with Crippen molar-refractivity contribution in [3.63, 3.8) is 0 Å². The van der Waals surface area contributed by atoms with Crippen LogP contribution in [0.1, 0.15) is 21.6 Å². The SMILES string of the molecule is COc1ccc(Cn2nc(C(C=Nc3ccc(C(=O)N4CCOCC4)cc3)=NN)c3cc(Br)ccc32)cc1. The molecule has 0 radical (unpaired) electrons. The van der Waals surface area contributed by atoms with Crippen LogP contribution in [0.2, 0.25) is 0 Å². The highest BCUT2D eigenvalue weighted by Gasteiger charge is 2.19. The summed E-state index contributed by atoms with van der Waals surface area (Å²) in [7, 11) is 1.65. The number of morpholine rings is 1. The molecule has 38 heavy (non-hydrogen) atoms. The molecule has 5 rings (SSSR count). The second kappa shape index (κ2) is 11.6. The third kappa shape index (κ3) is 5.61. The fourth-order valence-corrected chi connectivity index (χ4v) is 4.66. The number of ether oxygens (including phenoxy) is 2. The van der Waals surface area contributed by atoms with Gasteiger partial charge in [-0.15, -0.1) is 0 Å². The maximum Gasteiger partial charge on any atom is 0.254 e. The van der Waals surface area contributed by atoms with Crippen molar-refractivity contribution in [2.24, 2.45) is 15.9 Å². The maximum absolute atomic E-state index is 12.7. The number of hydrogen-bond acceptors (Lipinski definition) is 7. The zero-order valence-corrected chi connectivity index (χ0v) is 22.5. The average Bonchev–Trinajstić information content (AvgIpc) is 3.31. The number of carbonyl (C=O) groups is 1. The van der Waals surface area contributed by atoms with Crippen molar-refractivity contribution in [3.8, 4) is 5.75 Å². The van der Waals surface area contributed by atoms with E-state index in [1.165, 1.54) is 0 Å². The monoisotopic (exact) mass is 574 g/mol. The van der Waals surface area contributed by atoms with Gasteiger partial charge in [0.2, 0.25) is 0 Å². The number of methoxy groups -OCH3 is 1. The molecule has 1 saturated heterocycles. The number of hydrazone groups is 1. The Kier molecular flexibility index (Phi) is 7.81. The van der Waals surface area contributed by atoms with Gasteiger partial charge in [-0.05, 0) is 60.2 Å². The largest absolute Gasteiger partial charge is 0.497 e. The smallest absolute Gasteiger partial charge is 0.254 e. The Labute approximate surface area is 228 Å². The first-order valence-electron chi connectivity index (χ1n) is 12.1. The van der Waals surface area contributed by atoms with E-state index in [1.54, 1.807) is 42.5 Å². The van der Waals surface area contributed by atoms with Crippen molar-refractivity contribution in [1.29, 1.82) is 0 Å². The quantitative estimate of drug-likeness (QED) is 0.200. The molecule has 0 aliphatic carbocycles. The number of amides is 1. The number of carbonyl (C=O) groups excluding carboxylic acids is 1. The molecule has 2 heterocycles. The fourth-order valence-electron chi connectivity index (χ4n) is 4.30. The molecule has 9 nitrogen and oxygen atoms in total. The Hall–Kier alpha value is -4.02. The van der Waals surface area contributed by atoms with Gasteiger partial charge in [0, 0.05) is 28.5 Å². The minimum atomic E-state index is -0.00696. The zero-order chi connectivity index (χ0) is 26.5. The minimum absolute atomic E-state index is 0.00696. The second-order valence-electron chi connectivity index (χ2n) is 8.74. The molecule has 0 atom stereocenters. The van der Waals surface area contributed by atoms with E-state index in [4.69, 9.17) is 20.4 Å². The lowest BCUT2D eigenvalue weighted by atomic mass is 10.1. The normalized spacial score (nSPS) is 14.4. The van der Waals surface area contributed by atoms with E-state index in [2.05, 4.69) is 26.0 Å². The molecule has 10 heteroatoms. The highest BCUT2D eigenvalue weighted by molar-refractivity contribution is 9.10. The Bertz CT molecular complexity index is 1490. The second-order valence-corrected chi connectivity index (χ2v) is 9.66. The molecule has 194 valence electrons. The molecule has 0 bridgehead atoms.